The molecule has 0 atom stereocenters. The predicted molar refractivity (Wildman–Crippen MR) is 81.9 cm³/mol. The van der Waals surface area contributed by atoms with Crippen LogP contribution in [0.1, 0.15) is 12.0 Å². The summed E-state index contributed by atoms with van der Waals surface area (Å²) in [5.74, 6) is 0. The van der Waals surface area contributed by atoms with E-state index in [1.54, 1.807) is 0 Å². The first-order valence-electron chi connectivity index (χ1n) is 7.14. The predicted octanol–water partition coefficient (Wildman–Crippen LogP) is 1.18. The Kier molecular flexibility index (Phi) is 4.32. The van der Waals surface area contributed by atoms with Gasteiger partial charge in [0.25, 0.3) is 0 Å². The van der Waals surface area contributed by atoms with E-state index >= 15 is 0 Å². The number of hydrogen-bond acceptors (Lipinski definition) is 3. The van der Waals surface area contributed by atoms with Crippen molar-refractivity contribution in [2.75, 3.05) is 58.3 Å². The Bertz CT molecular complexity index is 418. The van der Waals surface area contributed by atoms with Gasteiger partial charge in [-0.25, -0.2) is 0 Å². The maximum atomic E-state index is 5.97. The molecule has 1 aliphatic heterocycles. The molecule has 1 aromatic rings. The molecule has 1 aromatic carbocycles. The van der Waals surface area contributed by atoms with Gasteiger partial charge >= 0.3 is 0 Å². The largest absolute Gasteiger partial charge is 0.399 e. The van der Waals surface area contributed by atoms with Crippen molar-refractivity contribution in [1.29, 1.82) is 0 Å². The molecule has 1 fully saturated rings. The Morgan fingerprint density at radius 1 is 1.16 bits per heavy atom. The molecular weight excluding hydrogens is 236 g/mol. The van der Waals surface area contributed by atoms with Crippen LogP contribution in [0.2, 0.25) is 0 Å². The second-order valence-electron chi connectivity index (χ2n) is 6.29. The first-order chi connectivity index (χ1) is 8.96. The number of rotatable bonds is 4. The van der Waals surface area contributed by atoms with Gasteiger partial charge in [0.15, 0.2) is 0 Å². The molecule has 0 unspecified atom stereocenters. The molecule has 0 bridgehead atoms. The minimum Gasteiger partial charge on any atom is -0.399 e. The lowest BCUT2D eigenvalue weighted by molar-refractivity contribution is -0.894. The summed E-state index contributed by atoms with van der Waals surface area (Å²) in [6, 6.07) is 5.78. The van der Waals surface area contributed by atoms with Crippen molar-refractivity contribution < 1.29 is 4.48 Å². The molecule has 106 valence electrons. The van der Waals surface area contributed by atoms with Gasteiger partial charge in [0.2, 0.25) is 0 Å². The van der Waals surface area contributed by atoms with Crippen LogP contribution in [-0.2, 0) is 6.42 Å². The number of benzene rings is 1. The molecule has 0 amide bonds. The zero-order valence-corrected chi connectivity index (χ0v) is 12.2. The van der Waals surface area contributed by atoms with Crippen LogP contribution in [-0.4, -0.2) is 56.2 Å². The summed E-state index contributed by atoms with van der Waals surface area (Å²) in [6.45, 7) is 6.08. The van der Waals surface area contributed by atoms with E-state index in [1.165, 1.54) is 31.7 Å². The lowest BCUT2D eigenvalue weighted by Gasteiger charge is -2.39. The minimum absolute atomic E-state index is 0.807. The fourth-order valence-corrected chi connectivity index (χ4v) is 2.61. The standard InChI is InChI=1S/C15H27N4/c1-19(2)10-8-18(9-11-19)7-3-4-13-12-14(16)5-6-15(13)17/h5-6,12H,3-4,7-11,16-17H2,1-2H3/q+1. The second-order valence-corrected chi connectivity index (χ2v) is 6.29. The molecule has 4 heteroatoms. The van der Waals surface area contributed by atoms with Crippen LogP contribution in [0.25, 0.3) is 0 Å². The van der Waals surface area contributed by atoms with E-state index in [0.717, 1.165) is 35.2 Å². The van der Waals surface area contributed by atoms with Gasteiger partial charge in [-0.1, -0.05) is 0 Å². The van der Waals surface area contributed by atoms with E-state index in [-0.39, 0.29) is 0 Å². The zero-order chi connectivity index (χ0) is 13.9. The fourth-order valence-electron chi connectivity index (χ4n) is 2.61. The topological polar surface area (TPSA) is 55.3 Å². The Hall–Kier alpha value is -1.26. The molecule has 1 saturated heterocycles. The molecule has 1 aliphatic rings. The summed E-state index contributed by atoms with van der Waals surface area (Å²) in [4.78, 5) is 2.56. The maximum absolute atomic E-state index is 5.97. The highest BCUT2D eigenvalue weighted by Gasteiger charge is 2.23. The van der Waals surface area contributed by atoms with Crippen molar-refractivity contribution in [3.63, 3.8) is 0 Å². The van der Waals surface area contributed by atoms with Gasteiger partial charge in [-0.15, -0.1) is 0 Å². The van der Waals surface area contributed by atoms with Crippen molar-refractivity contribution in [2.24, 2.45) is 0 Å². The number of nitrogen functional groups attached to an aromatic ring is 2. The number of nitrogens with two attached hydrogens (primary N) is 2. The van der Waals surface area contributed by atoms with Gasteiger partial charge in [-0.2, -0.15) is 0 Å². The summed E-state index contributed by atoms with van der Waals surface area (Å²) in [5.41, 5.74) is 14.6. The summed E-state index contributed by atoms with van der Waals surface area (Å²) in [6.07, 6.45) is 2.17. The van der Waals surface area contributed by atoms with Crippen LogP contribution in [0, 0.1) is 0 Å². The number of quaternary nitrogens is 1. The van der Waals surface area contributed by atoms with E-state index in [0.29, 0.717) is 0 Å². The Morgan fingerprint density at radius 3 is 2.53 bits per heavy atom. The Balaban J connectivity index is 1.76. The lowest BCUT2D eigenvalue weighted by atomic mass is 10.1. The average molecular weight is 263 g/mol. The number of piperazine rings is 1. The summed E-state index contributed by atoms with van der Waals surface area (Å²) in [5, 5.41) is 0. The number of anilines is 2. The highest BCUT2D eigenvalue weighted by atomic mass is 15.4. The number of hydrogen-bond donors (Lipinski definition) is 2. The molecule has 0 spiro atoms. The summed E-state index contributed by atoms with van der Waals surface area (Å²) < 4.78 is 1.15. The maximum Gasteiger partial charge on any atom is 0.0912 e. The monoisotopic (exact) mass is 263 g/mol. The minimum atomic E-state index is 0.807. The van der Waals surface area contributed by atoms with Crippen LogP contribution in [0.15, 0.2) is 18.2 Å². The van der Waals surface area contributed by atoms with E-state index in [9.17, 15) is 0 Å². The van der Waals surface area contributed by atoms with E-state index in [1.807, 2.05) is 18.2 Å². The van der Waals surface area contributed by atoms with Gasteiger partial charge in [0, 0.05) is 24.5 Å². The molecule has 19 heavy (non-hydrogen) atoms. The molecule has 0 saturated carbocycles. The molecule has 4 nitrogen and oxygen atoms in total. The van der Waals surface area contributed by atoms with E-state index in [4.69, 9.17) is 11.5 Å². The van der Waals surface area contributed by atoms with Crippen molar-refractivity contribution in [2.45, 2.75) is 12.8 Å². The first kappa shape index (κ1) is 14.2. The third-order valence-corrected chi connectivity index (χ3v) is 4.13. The van der Waals surface area contributed by atoms with Crippen molar-refractivity contribution in [3.8, 4) is 0 Å². The summed E-state index contributed by atoms with van der Waals surface area (Å²) >= 11 is 0. The zero-order valence-electron chi connectivity index (χ0n) is 12.2. The van der Waals surface area contributed by atoms with Crippen LogP contribution in [0.4, 0.5) is 11.4 Å². The van der Waals surface area contributed by atoms with Crippen molar-refractivity contribution in [3.05, 3.63) is 23.8 Å². The van der Waals surface area contributed by atoms with Crippen LogP contribution in [0.5, 0.6) is 0 Å². The Labute approximate surface area is 116 Å². The third-order valence-electron chi connectivity index (χ3n) is 4.13. The highest BCUT2D eigenvalue weighted by Crippen LogP contribution is 2.17. The number of likely N-dealkylation sites (N-methyl/N-ethyl adjacent to an activating group) is 1. The van der Waals surface area contributed by atoms with Gasteiger partial charge in [-0.3, -0.25) is 4.90 Å². The van der Waals surface area contributed by atoms with Gasteiger partial charge < -0.3 is 16.0 Å². The lowest BCUT2D eigenvalue weighted by Crippen LogP contribution is -2.54. The first-order valence-corrected chi connectivity index (χ1v) is 7.14. The average Bonchev–Trinajstić information content (AvgIpc) is 2.35. The summed E-state index contributed by atoms with van der Waals surface area (Å²) in [7, 11) is 4.62. The molecule has 0 radical (unpaired) electrons. The van der Waals surface area contributed by atoms with Gasteiger partial charge in [0.1, 0.15) is 0 Å². The third kappa shape index (κ3) is 4.11. The van der Waals surface area contributed by atoms with E-state index in [2.05, 4.69) is 19.0 Å². The molecular formula is C15H27N4+. The van der Waals surface area contributed by atoms with Crippen molar-refractivity contribution >= 4 is 11.4 Å². The molecule has 0 aromatic heterocycles. The van der Waals surface area contributed by atoms with Gasteiger partial charge in [-0.05, 0) is 43.1 Å². The smallest absolute Gasteiger partial charge is 0.0912 e. The number of aryl methyl sites for hydroxylation is 1. The second kappa shape index (κ2) is 5.80. The molecule has 4 N–H and O–H groups in total. The SMILES string of the molecule is C[N+]1(C)CCN(CCCc2cc(N)ccc2N)CC1. The van der Waals surface area contributed by atoms with Crippen LogP contribution in [0.3, 0.4) is 0 Å². The van der Waals surface area contributed by atoms with Crippen LogP contribution < -0.4 is 11.5 Å². The molecule has 1 heterocycles. The van der Waals surface area contributed by atoms with E-state index < -0.39 is 0 Å². The quantitative estimate of drug-likeness (QED) is 0.633. The molecule has 2 rings (SSSR count). The normalized spacial score (nSPS) is 19.5. The fraction of sp³-hybridized carbons (Fsp3) is 0.600. The highest BCUT2D eigenvalue weighted by molar-refractivity contribution is 5.55. The molecule has 0 aliphatic carbocycles. The van der Waals surface area contributed by atoms with Gasteiger partial charge in [0.05, 0.1) is 27.2 Å². The number of nitrogens with zero attached hydrogens (tertiary/aromatic N) is 2. The van der Waals surface area contributed by atoms with Crippen LogP contribution >= 0.6 is 0 Å². The Morgan fingerprint density at radius 2 is 1.84 bits per heavy atom. The van der Waals surface area contributed by atoms with Crippen molar-refractivity contribution in [1.82, 2.24) is 4.90 Å².